The van der Waals surface area contributed by atoms with Gasteiger partial charge in [-0.2, -0.15) is 0 Å². The standard InChI is InChI=1S/C11H22N2/c1-11(2)8-13(6-5-10(11)12)7-9-3-4-9/h9-10H,3-8,12H2,1-2H3. The van der Waals surface area contributed by atoms with Crippen molar-refractivity contribution in [2.45, 2.75) is 39.2 Å². The van der Waals surface area contributed by atoms with E-state index in [1.807, 2.05) is 0 Å². The maximum absolute atomic E-state index is 6.09. The summed E-state index contributed by atoms with van der Waals surface area (Å²) in [6.45, 7) is 8.36. The van der Waals surface area contributed by atoms with Crippen LogP contribution in [0.1, 0.15) is 33.1 Å². The molecular weight excluding hydrogens is 160 g/mol. The van der Waals surface area contributed by atoms with E-state index in [0.29, 0.717) is 11.5 Å². The second kappa shape index (κ2) is 3.25. The lowest BCUT2D eigenvalue weighted by Gasteiger charge is -2.42. The molecule has 1 atom stereocenters. The van der Waals surface area contributed by atoms with Crippen LogP contribution in [0.15, 0.2) is 0 Å². The van der Waals surface area contributed by atoms with E-state index in [0.717, 1.165) is 5.92 Å². The SMILES string of the molecule is CC1(C)CN(CC2CC2)CCC1N. The van der Waals surface area contributed by atoms with Gasteiger partial charge >= 0.3 is 0 Å². The van der Waals surface area contributed by atoms with Gasteiger partial charge in [-0.15, -0.1) is 0 Å². The average molecular weight is 182 g/mol. The van der Waals surface area contributed by atoms with E-state index >= 15 is 0 Å². The zero-order valence-corrected chi connectivity index (χ0v) is 8.92. The van der Waals surface area contributed by atoms with E-state index in [1.165, 1.54) is 38.9 Å². The van der Waals surface area contributed by atoms with Crippen molar-refractivity contribution in [3.05, 3.63) is 0 Å². The number of piperidine rings is 1. The summed E-state index contributed by atoms with van der Waals surface area (Å²) in [5.74, 6) is 1.02. The van der Waals surface area contributed by atoms with E-state index in [2.05, 4.69) is 18.7 Å². The minimum Gasteiger partial charge on any atom is -0.327 e. The fourth-order valence-electron chi connectivity index (χ4n) is 2.31. The van der Waals surface area contributed by atoms with Crippen molar-refractivity contribution in [2.75, 3.05) is 19.6 Å². The first-order valence-electron chi connectivity index (χ1n) is 5.56. The quantitative estimate of drug-likeness (QED) is 0.700. The summed E-state index contributed by atoms with van der Waals surface area (Å²) in [4.78, 5) is 2.61. The van der Waals surface area contributed by atoms with Crippen LogP contribution in [-0.2, 0) is 0 Å². The molecule has 0 amide bonds. The van der Waals surface area contributed by atoms with E-state index in [1.54, 1.807) is 0 Å². The molecular formula is C11H22N2. The van der Waals surface area contributed by atoms with Crippen LogP contribution in [0.5, 0.6) is 0 Å². The summed E-state index contributed by atoms with van der Waals surface area (Å²) < 4.78 is 0. The zero-order valence-electron chi connectivity index (χ0n) is 8.92. The molecule has 0 aromatic carbocycles. The minimum absolute atomic E-state index is 0.327. The van der Waals surface area contributed by atoms with Gasteiger partial charge in [-0.25, -0.2) is 0 Å². The normalized spacial score (nSPS) is 34.8. The molecule has 1 aliphatic carbocycles. The molecule has 1 heterocycles. The lowest BCUT2D eigenvalue weighted by molar-refractivity contribution is 0.0918. The molecule has 2 aliphatic rings. The highest BCUT2D eigenvalue weighted by Crippen LogP contribution is 2.33. The maximum Gasteiger partial charge on any atom is 0.0115 e. The summed E-state index contributed by atoms with van der Waals surface area (Å²) >= 11 is 0. The van der Waals surface area contributed by atoms with Crippen molar-refractivity contribution in [2.24, 2.45) is 17.1 Å². The predicted molar refractivity (Wildman–Crippen MR) is 55.5 cm³/mol. The Balaban J connectivity index is 1.86. The van der Waals surface area contributed by atoms with Crippen molar-refractivity contribution < 1.29 is 0 Å². The smallest absolute Gasteiger partial charge is 0.0115 e. The molecule has 13 heavy (non-hydrogen) atoms. The number of rotatable bonds is 2. The second-order valence-corrected chi connectivity index (χ2v) is 5.56. The van der Waals surface area contributed by atoms with Crippen LogP contribution < -0.4 is 5.73 Å². The van der Waals surface area contributed by atoms with Gasteiger partial charge in [0.15, 0.2) is 0 Å². The molecule has 2 fully saturated rings. The third kappa shape index (κ3) is 2.23. The average Bonchev–Trinajstić information content (AvgIpc) is 2.80. The van der Waals surface area contributed by atoms with Gasteiger partial charge in [0.25, 0.3) is 0 Å². The maximum atomic E-state index is 6.09. The summed E-state index contributed by atoms with van der Waals surface area (Å²) in [6.07, 6.45) is 4.10. The monoisotopic (exact) mass is 182 g/mol. The molecule has 0 spiro atoms. The van der Waals surface area contributed by atoms with E-state index in [4.69, 9.17) is 5.73 Å². The van der Waals surface area contributed by atoms with Crippen LogP contribution in [0.4, 0.5) is 0 Å². The van der Waals surface area contributed by atoms with Gasteiger partial charge in [0.2, 0.25) is 0 Å². The predicted octanol–water partition coefficient (Wildman–Crippen LogP) is 1.46. The Hall–Kier alpha value is -0.0800. The molecule has 2 rings (SSSR count). The first kappa shape index (κ1) is 9.47. The van der Waals surface area contributed by atoms with Gasteiger partial charge in [0, 0.05) is 19.1 Å². The molecule has 2 heteroatoms. The molecule has 0 bridgehead atoms. The molecule has 2 nitrogen and oxygen atoms in total. The molecule has 0 aromatic rings. The highest BCUT2D eigenvalue weighted by Gasteiger charge is 2.35. The highest BCUT2D eigenvalue weighted by molar-refractivity contribution is 4.91. The number of hydrogen-bond donors (Lipinski definition) is 1. The third-order valence-corrected chi connectivity index (χ3v) is 3.60. The van der Waals surface area contributed by atoms with Crippen molar-refractivity contribution in [3.8, 4) is 0 Å². The third-order valence-electron chi connectivity index (χ3n) is 3.60. The van der Waals surface area contributed by atoms with Crippen LogP contribution >= 0.6 is 0 Å². The van der Waals surface area contributed by atoms with Crippen LogP contribution in [0.2, 0.25) is 0 Å². The Labute approximate surface area is 81.5 Å². The van der Waals surface area contributed by atoms with Crippen LogP contribution in [0.25, 0.3) is 0 Å². The van der Waals surface area contributed by atoms with E-state index in [-0.39, 0.29) is 0 Å². The number of nitrogens with two attached hydrogens (primary N) is 1. The Morgan fingerprint density at radius 2 is 2.00 bits per heavy atom. The second-order valence-electron chi connectivity index (χ2n) is 5.56. The lowest BCUT2D eigenvalue weighted by Crippen LogP contribution is -2.52. The molecule has 1 saturated carbocycles. The Bertz CT molecular complexity index is 185. The van der Waals surface area contributed by atoms with Gasteiger partial charge in [0.05, 0.1) is 0 Å². The largest absolute Gasteiger partial charge is 0.327 e. The van der Waals surface area contributed by atoms with Crippen LogP contribution in [-0.4, -0.2) is 30.6 Å². The van der Waals surface area contributed by atoms with Crippen molar-refractivity contribution in [1.82, 2.24) is 4.90 Å². The Kier molecular flexibility index (Phi) is 2.37. The summed E-state index contributed by atoms with van der Waals surface area (Å²) in [6, 6.07) is 0.406. The van der Waals surface area contributed by atoms with E-state index in [9.17, 15) is 0 Å². The van der Waals surface area contributed by atoms with Crippen molar-refractivity contribution in [3.63, 3.8) is 0 Å². The van der Waals surface area contributed by atoms with Gasteiger partial charge in [-0.1, -0.05) is 13.8 Å². The number of hydrogen-bond acceptors (Lipinski definition) is 2. The summed E-state index contributed by atoms with van der Waals surface area (Å²) in [7, 11) is 0. The minimum atomic E-state index is 0.327. The zero-order chi connectivity index (χ0) is 9.47. The van der Waals surface area contributed by atoms with Crippen LogP contribution in [0.3, 0.4) is 0 Å². The fraction of sp³-hybridized carbons (Fsp3) is 1.00. The fourth-order valence-corrected chi connectivity index (χ4v) is 2.31. The summed E-state index contributed by atoms with van der Waals surface area (Å²) in [5.41, 5.74) is 6.42. The number of nitrogens with zero attached hydrogens (tertiary/aromatic N) is 1. The van der Waals surface area contributed by atoms with Gasteiger partial charge < -0.3 is 10.6 Å². The molecule has 0 aromatic heterocycles. The topological polar surface area (TPSA) is 29.3 Å². The Morgan fingerprint density at radius 1 is 1.31 bits per heavy atom. The van der Waals surface area contributed by atoms with Crippen LogP contribution in [0, 0.1) is 11.3 Å². The van der Waals surface area contributed by atoms with Gasteiger partial charge in [-0.05, 0) is 37.1 Å². The Morgan fingerprint density at radius 3 is 2.54 bits per heavy atom. The number of likely N-dealkylation sites (tertiary alicyclic amines) is 1. The molecule has 2 N–H and O–H groups in total. The molecule has 0 radical (unpaired) electrons. The van der Waals surface area contributed by atoms with Crippen molar-refractivity contribution in [1.29, 1.82) is 0 Å². The van der Waals surface area contributed by atoms with E-state index < -0.39 is 0 Å². The molecule has 1 unspecified atom stereocenters. The lowest BCUT2D eigenvalue weighted by atomic mass is 9.79. The first-order chi connectivity index (χ1) is 6.08. The first-order valence-corrected chi connectivity index (χ1v) is 5.56. The van der Waals surface area contributed by atoms with Gasteiger partial charge in [0.1, 0.15) is 0 Å². The molecule has 1 saturated heterocycles. The van der Waals surface area contributed by atoms with Gasteiger partial charge in [-0.3, -0.25) is 0 Å². The molecule has 76 valence electrons. The van der Waals surface area contributed by atoms with Crippen molar-refractivity contribution >= 4 is 0 Å². The highest BCUT2D eigenvalue weighted by atomic mass is 15.2. The summed E-state index contributed by atoms with van der Waals surface area (Å²) in [5, 5.41) is 0. The molecule has 1 aliphatic heterocycles.